The molecule has 1 aromatic heterocycles. The van der Waals surface area contributed by atoms with E-state index in [0.29, 0.717) is 24.1 Å². The lowest BCUT2D eigenvalue weighted by atomic mass is 10.1. The van der Waals surface area contributed by atoms with Crippen molar-refractivity contribution in [3.05, 3.63) is 32.6 Å². The summed E-state index contributed by atoms with van der Waals surface area (Å²) in [5.74, 6) is 0.621. The van der Waals surface area contributed by atoms with E-state index in [9.17, 15) is 9.59 Å². The standard InChI is InChI=1S/C13H23N3O2/c1-9(2)6-10(3)14-7-11-8-15(4)13(18)16(5)12(11)17/h8-10,14H,6-7H2,1-5H3. The van der Waals surface area contributed by atoms with Crippen LogP contribution in [0.3, 0.4) is 0 Å². The highest BCUT2D eigenvalue weighted by atomic mass is 16.2. The minimum Gasteiger partial charge on any atom is -0.310 e. The summed E-state index contributed by atoms with van der Waals surface area (Å²) >= 11 is 0. The van der Waals surface area contributed by atoms with E-state index >= 15 is 0 Å². The molecule has 18 heavy (non-hydrogen) atoms. The van der Waals surface area contributed by atoms with Crippen LogP contribution in [0.4, 0.5) is 0 Å². The SMILES string of the molecule is CC(C)CC(C)NCc1cn(C)c(=O)n(C)c1=O. The third-order valence-electron chi connectivity index (χ3n) is 2.98. The summed E-state index contributed by atoms with van der Waals surface area (Å²) in [6.07, 6.45) is 2.67. The molecule has 0 radical (unpaired) electrons. The lowest BCUT2D eigenvalue weighted by Gasteiger charge is -2.16. The Labute approximate surface area is 107 Å². The van der Waals surface area contributed by atoms with Crippen LogP contribution in [0.2, 0.25) is 0 Å². The fraction of sp³-hybridized carbons (Fsp3) is 0.692. The molecular weight excluding hydrogens is 230 g/mol. The maximum absolute atomic E-state index is 11.9. The van der Waals surface area contributed by atoms with Gasteiger partial charge in [0, 0.05) is 38.4 Å². The minimum atomic E-state index is -0.293. The Morgan fingerprint density at radius 1 is 1.22 bits per heavy atom. The molecule has 0 saturated carbocycles. The highest BCUT2D eigenvalue weighted by Crippen LogP contribution is 2.04. The second kappa shape index (κ2) is 6.00. The number of aromatic nitrogens is 2. The predicted molar refractivity (Wildman–Crippen MR) is 72.7 cm³/mol. The zero-order valence-corrected chi connectivity index (χ0v) is 11.9. The van der Waals surface area contributed by atoms with Crippen LogP contribution in [0.25, 0.3) is 0 Å². The quantitative estimate of drug-likeness (QED) is 0.836. The molecule has 0 spiro atoms. The van der Waals surface area contributed by atoms with Crippen molar-refractivity contribution in [1.82, 2.24) is 14.5 Å². The number of hydrogen-bond acceptors (Lipinski definition) is 3. The lowest BCUT2D eigenvalue weighted by molar-refractivity contribution is 0.439. The van der Waals surface area contributed by atoms with E-state index in [4.69, 9.17) is 0 Å². The molecule has 0 aromatic carbocycles. The molecule has 0 aliphatic rings. The molecule has 1 heterocycles. The lowest BCUT2D eigenvalue weighted by Crippen LogP contribution is -2.40. The highest BCUT2D eigenvalue weighted by Gasteiger charge is 2.09. The molecule has 5 nitrogen and oxygen atoms in total. The molecule has 102 valence electrons. The van der Waals surface area contributed by atoms with E-state index in [0.717, 1.165) is 11.0 Å². The summed E-state index contributed by atoms with van der Waals surface area (Å²) in [6, 6.07) is 0.354. The molecule has 5 heteroatoms. The van der Waals surface area contributed by atoms with Gasteiger partial charge in [-0.1, -0.05) is 13.8 Å². The third kappa shape index (κ3) is 3.57. The van der Waals surface area contributed by atoms with Gasteiger partial charge in [-0.25, -0.2) is 4.79 Å². The molecule has 0 amide bonds. The minimum absolute atomic E-state index is 0.220. The summed E-state index contributed by atoms with van der Waals surface area (Å²) in [6.45, 7) is 6.94. The van der Waals surface area contributed by atoms with Gasteiger partial charge in [-0.2, -0.15) is 0 Å². The van der Waals surface area contributed by atoms with Crippen LogP contribution in [0.1, 0.15) is 32.8 Å². The first kappa shape index (κ1) is 14.7. The summed E-state index contributed by atoms with van der Waals surface area (Å²) in [7, 11) is 3.16. The fourth-order valence-electron chi connectivity index (χ4n) is 2.08. The Kier molecular flexibility index (Phi) is 4.90. The van der Waals surface area contributed by atoms with Crippen molar-refractivity contribution in [2.24, 2.45) is 20.0 Å². The molecule has 0 bridgehead atoms. The fourth-order valence-corrected chi connectivity index (χ4v) is 2.08. The molecule has 1 atom stereocenters. The first-order valence-electron chi connectivity index (χ1n) is 6.31. The molecule has 1 N–H and O–H groups in total. The number of nitrogens with zero attached hydrogens (tertiary/aromatic N) is 2. The van der Waals surface area contributed by atoms with Crippen LogP contribution in [-0.2, 0) is 20.6 Å². The van der Waals surface area contributed by atoms with Crippen LogP contribution in [0, 0.1) is 5.92 Å². The van der Waals surface area contributed by atoms with Crippen LogP contribution in [0.15, 0.2) is 15.8 Å². The number of nitrogens with one attached hydrogen (secondary N) is 1. The Hall–Kier alpha value is -1.36. The third-order valence-corrected chi connectivity index (χ3v) is 2.98. The largest absolute Gasteiger partial charge is 0.330 e. The highest BCUT2D eigenvalue weighted by molar-refractivity contribution is 5.05. The summed E-state index contributed by atoms with van der Waals surface area (Å²) < 4.78 is 2.58. The van der Waals surface area contributed by atoms with Crippen molar-refractivity contribution in [3.8, 4) is 0 Å². The zero-order chi connectivity index (χ0) is 13.9. The number of hydrogen-bond donors (Lipinski definition) is 1. The maximum atomic E-state index is 11.9. The second-order valence-electron chi connectivity index (χ2n) is 5.32. The number of aryl methyl sites for hydroxylation is 1. The summed E-state index contributed by atoms with van der Waals surface area (Å²) in [4.78, 5) is 23.4. The van der Waals surface area contributed by atoms with Crippen LogP contribution >= 0.6 is 0 Å². The Morgan fingerprint density at radius 3 is 2.39 bits per heavy atom. The smallest absolute Gasteiger partial charge is 0.310 e. The summed E-state index contributed by atoms with van der Waals surface area (Å²) in [5.41, 5.74) is 0.108. The molecular formula is C13H23N3O2. The summed E-state index contributed by atoms with van der Waals surface area (Å²) in [5, 5.41) is 3.32. The van der Waals surface area contributed by atoms with Crippen molar-refractivity contribution in [2.75, 3.05) is 0 Å². The van der Waals surface area contributed by atoms with E-state index in [1.165, 1.54) is 11.6 Å². The van der Waals surface area contributed by atoms with Crippen molar-refractivity contribution in [3.63, 3.8) is 0 Å². The average molecular weight is 253 g/mol. The van der Waals surface area contributed by atoms with Crippen molar-refractivity contribution in [2.45, 2.75) is 39.8 Å². The van der Waals surface area contributed by atoms with Crippen LogP contribution < -0.4 is 16.6 Å². The van der Waals surface area contributed by atoms with Crippen molar-refractivity contribution >= 4 is 0 Å². The van der Waals surface area contributed by atoms with Gasteiger partial charge in [-0.05, 0) is 19.3 Å². The second-order valence-corrected chi connectivity index (χ2v) is 5.32. The van der Waals surface area contributed by atoms with Gasteiger partial charge in [-0.3, -0.25) is 9.36 Å². The van der Waals surface area contributed by atoms with Crippen LogP contribution in [0.5, 0.6) is 0 Å². The van der Waals surface area contributed by atoms with Crippen LogP contribution in [-0.4, -0.2) is 15.2 Å². The van der Waals surface area contributed by atoms with Gasteiger partial charge in [0.05, 0.1) is 0 Å². The van der Waals surface area contributed by atoms with Crippen molar-refractivity contribution < 1.29 is 0 Å². The first-order valence-corrected chi connectivity index (χ1v) is 6.31. The molecule has 0 aliphatic carbocycles. The zero-order valence-electron chi connectivity index (χ0n) is 11.9. The molecule has 1 unspecified atom stereocenters. The molecule has 1 rings (SSSR count). The van der Waals surface area contributed by atoms with Gasteiger partial charge in [-0.15, -0.1) is 0 Å². The Morgan fingerprint density at radius 2 is 1.83 bits per heavy atom. The van der Waals surface area contributed by atoms with Gasteiger partial charge in [0.1, 0.15) is 0 Å². The average Bonchev–Trinajstić information content (AvgIpc) is 2.28. The monoisotopic (exact) mass is 253 g/mol. The van der Waals surface area contributed by atoms with Crippen molar-refractivity contribution in [1.29, 1.82) is 0 Å². The predicted octanol–water partition coefficient (Wildman–Crippen LogP) is 0.608. The maximum Gasteiger partial charge on any atom is 0.330 e. The Balaban J connectivity index is 2.81. The normalized spacial score (nSPS) is 13.0. The van der Waals surface area contributed by atoms with E-state index in [-0.39, 0.29) is 11.2 Å². The van der Waals surface area contributed by atoms with Gasteiger partial charge in [0.2, 0.25) is 0 Å². The first-order chi connectivity index (χ1) is 8.32. The topological polar surface area (TPSA) is 56.0 Å². The van der Waals surface area contributed by atoms with Gasteiger partial charge >= 0.3 is 5.69 Å². The number of rotatable bonds is 5. The van der Waals surface area contributed by atoms with E-state index in [1.54, 1.807) is 13.2 Å². The van der Waals surface area contributed by atoms with E-state index < -0.39 is 0 Å². The Bertz CT molecular complexity index is 514. The van der Waals surface area contributed by atoms with Gasteiger partial charge in [0.25, 0.3) is 5.56 Å². The van der Waals surface area contributed by atoms with E-state index in [1.807, 2.05) is 0 Å². The molecule has 0 aliphatic heterocycles. The van der Waals surface area contributed by atoms with Gasteiger partial charge in [0.15, 0.2) is 0 Å². The van der Waals surface area contributed by atoms with Gasteiger partial charge < -0.3 is 9.88 Å². The molecule has 0 fully saturated rings. The van der Waals surface area contributed by atoms with E-state index in [2.05, 4.69) is 26.1 Å². The molecule has 1 aromatic rings. The molecule has 0 saturated heterocycles.